The summed E-state index contributed by atoms with van der Waals surface area (Å²) < 4.78 is 2.25. The van der Waals surface area contributed by atoms with E-state index in [9.17, 15) is 0 Å². The van der Waals surface area contributed by atoms with Gasteiger partial charge >= 0.3 is 0 Å². The Morgan fingerprint density at radius 2 is 1.84 bits per heavy atom. The topological polar surface area (TPSA) is 30.2 Å². The van der Waals surface area contributed by atoms with E-state index in [0.29, 0.717) is 0 Å². The fraction of sp³-hybridized carbons (Fsp3) is 0.100. The van der Waals surface area contributed by atoms with Crippen LogP contribution in [0.5, 0.6) is 0 Å². The summed E-state index contributed by atoms with van der Waals surface area (Å²) in [5, 5.41) is 2.84. The van der Waals surface area contributed by atoms with E-state index in [2.05, 4.69) is 46.3 Å². The van der Waals surface area contributed by atoms with Crippen LogP contribution in [0.25, 0.3) is 11.0 Å². The van der Waals surface area contributed by atoms with E-state index in [4.69, 9.17) is 21.6 Å². The molecule has 4 aromatic rings. The third-order valence-electron chi connectivity index (χ3n) is 4.57. The van der Waals surface area contributed by atoms with Gasteiger partial charge in [-0.2, -0.15) is 0 Å². The van der Waals surface area contributed by atoms with Crippen molar-refractivity contribution < 1.29 is 0 Å². The number of halogens is 1. The van der Waals surface area contributed by atoms with E-state index < -0.39 is 0 Å². The highest BCUT2D eigenvalue weighted by molar-refractivity contribution is 7.12. The highest BCUT2D eigenvalue weighted by Gasteiger charge is 2.27. The first-order chi connectivity index (χ1) is 12.3. The highest BCUT2D eigenvalue weighted by Crippen LogP contribution is 2.38. The predicted octanol–water partition coefficient (Wildman–Crippen LogP) is 5.87. The van der Waals surface area contributed by atoms with Crippen molar-refractivity contribution in [2.75, 3.05) is 0 Å². The second-order valence-corrected chi connectivity index (χ2v) is 7.46. The largest absolute Gasteiger partial charge is 0.300 e. The van der Waals surface area contributed by atoms with E-state index in [1.165, 1.54) is 10.4 Å². The lowest BCUT2D eigenvalue weighted by Crippen LogP contribution is -2.19. The maximum Gasteiger partial charge on any atom is 0.231 e. The molecular formula is C20H14ClN3S. The van der Waals surface area contributed by atoms with E-state index in [1.807, 2.05) is 24.3 Å². The number of aliphatic imine (C=N–C) groups is 1. The second kappa shape index (κ2) is 5.83. The average molecular weight is 364 g/mol. The van der Waals surface area contributed by atoms with Crippen LogP contribution in [0.4, 0.5) is 5.95 Å². The molecule has 2 aromatic carbocycles. The van der Waals surface area contributed by atoms with Gasteiger partial charge in [-0.25, -0.2) is 9.98 Å². The molecule has 0 amide bonds. The Hall–Kier alpha value is -2.43. The Kier molecular flexibility index (Phi) is 3.47. The zero-order chi connectivity index (χ0) is 16.8. The predicted molar refractivity (Wildman–Crippen MR) is 104 cm³/mol. The molecule has 0 fully saturated rings. The van der Waals surface area contributed by atoms with Crippen molar-refractivity contribution in [3.8, 4) is 0 Å². The number of rotatable bonds is 2. The fourth-order valence-corrected chi connectivity index (χ4v) is 4.26. The fourth-order valence-electron chi connectivity index (χ4n) is 3.41. The van der Waals surface area contributed by atoms with Gasteiger partial charge in [0.15, 0.2) is 0 Å². The Bertz CT molecular complexity index is 1080. The van der Waals surface area contributed by atoms with Gasteiger partial charge in [0.1, 0.15) is 0 Å². The van der Waals surface area contributed by atoms with Gasteiger partial charge < -0.3 is 4.57 Å². The molecule has 1 atom stereocenters. The van der Waals surface area contributed by atoms with Crippen LogP contribution in [-0.2, 0) is 0 Å². The molecule has 1 aliphatic rings. The normalized spacial score (nSPS) is 16.7. The number of benzene rings is 2. The summed E-state index contributed by atoms with van der Waals surface area (Å²) in [5.41, 5.74) is 4.41. The number of fused-ring (bicyclic) bond motifs is 3. The van der Waals surface area contributed by atoms with Crippen molar-refractivity contribution >= 4 is 45.6 Å². The summed E-state index contributed by atoms with van der Waals surface area (Å²) >= 11 is 7.82. The first-order valence-corrected chi connectivity index (χ1v) is 9.39. The van der Waals surface area contributed by atoms with Gasteiger partial charge in [-0.3, -0.25) is 0 Å². The molecule has 0 saturated carbocycles. The Morgan fingerprint density at radius 3 is 2.64 bits per heavy atom. The maximum atomic E-state index is 6.09. The van der Waals surface area contributed by atoms with Crippen LogP contribution >= 0.6 is 22.9 Å². The molecule has 0 bridgehead atoms. The minimum absolute atomic E-state index is 0.161. The van der Waals surface area contributed by atoms with E-state index in [-0.39, 0.29) is 6.04 Å². The maximum absolute atomic E-state index is 6.09. The van der Waals surface area contributed by atoms with Gasteiger partial charge in [-0.1, -0.05) is 41.9 Å². The number of nitrogens with zero attached hydrogens (tertiary/aromatic N) is 3. The lowest BCUT2D eigenvalue weighted by Gasteiger charge is -2.25. The van der Waals surface area contributed by atoms with Crippen molar-refractivity contribution in [2.24, 2.45) is 4.99 Å². The number of imidazole rings is 1. The first-order valence-electron chi connectivity index (χ1n) is 8.13. The van der Waals surface area contributed by atoms with Gasteiger partial charge in [0.05, 0.1) is 22.8 Å². The monoisotopic (exact) mass is 363 g/mol. The molecule has 122 valence electrons. The van der Waals surface area contributed by atoms with Crippen LogP contribution in [0.15, 0.2) is 71.0 Å². The SMILES string of the molecule is Clc1ccc(C2CC(c3cccs3)=Nc3nc4ccccc4n32)cc1. The van der Waals surface area contributed by atoms with Gasteiger partial charge in [-0.05, 0) is 41.3 Å². The number of thiophene rings is 1. The van der Waals surface area contributed by atoms with Gasteiger partial charge in [0, 0.05) is 16.3 Å². The van der Waals surface area contributed by atoms with Gasteiger partial charge in [0.25, 0.3) is 0 Å². The number of aromatic nitrogens is 2. The smallest absolute Gasteiger partial charge is 0.231 e. The summed E-state index contributed by atoms with van der Waals surface area (Å²) in [5.74, 6) is 0.774. The van der Waals surface area contributed by atoms with Crippen LogP contribution in [0, 0.1) is 0 Å². The molecule has 1 aliphatic heterocycles. The minimum atomic E-state index is 0.161. The van der Waals surface area contributed by atoms with Crippen LogP contribution in [-0.4, -0.2) is 15.3 Å². The van der Waals surface area contributed by atoms with Crippen LogP contribution in [0.3, 0.4) is 0 Å². The minimum Gasteiger partial charge on any atom is -0.300 e. The first kappa shape index (κ1) is 14.9. The summed E-state index contributed by atoms with van der Waals surface area (Å²) in [6.45, 7) is 0. The molecule has 25 heavy (non-hydrogen) atoms. The molecule has 0 radical (unpaired) electrons. The molecule has 3 nitrogen and oxygen atoms in total. The molecule has 5 rings (SSSR count). The van der Waals surface area contributed by atoms with Gasteiger partial charge in [-0.15, -0.1) is 11.3 Å². The Labute approximate surface area is 154 Å². The Balaban J connectivity index is 1.74. The molecule has 0 aliphatic carbocycles. The molecule has 0 N–H and O–H groups in total. The van der Waals surface area contributed by atoms with Crippen LogP contribution in [0.1, 0.15) is 22.9 Å². The standard InChI is InChI=1S/C20H14ClN3S/c21-14-9-7-13(8-10-14)18-12-16(19-6-3-11-25-19)23-20-22-15-4-1-2-5-17(15)24(18)20/h1-11,18H,12H2. The number of hydrogen-bond donors (Lipinski definition) is 0. The van der Waals surface area contributed by atoms with Crippen LogP contribution in [0.2, 0.25) is 5.02 Å². The van der Waals surface area contributed by atoms with Crippen molar-refractivity contribution in [1.29, 1.82) is 0 Å². The molecule has 3 heterocycles. The van der Waals surface area contributed by atoms with Crippen molar-refractivity contribution in [1.82, 2.24) is 9.55 Å². The second-order valence-electron chi connectivity index (χ2n) is 6.08. The van der Waals surface area contributed by atoms with Crippen molar-refractivity contribution in [3.05, 3.63) is 81.5 Å². The Morgan fingerprint density at radius 1 is 1.00 bits per heavy atom. The van der Waals surface area contributed by atoms with Crippen molar-refractivity contribution in [3.63, 3.8) is 0 Å². The van der Waals surface area contributed by atoms with E-state index in [0.717, 1.165) is 34.1 Å². The molecule has 5 heteroatoms. The molecular weight excluding hydrogens is 350 g/mol. The lowest BCUT2D eigenvalue weighted by atomic mass is 9.98. The third kappa shape index (κ3) is 2.49. The summed E-state index contributed by atoms with van der Waals surface area (Å²) in [6, 6.07) is 20.7. The zero-order valence-corrected chi connectivity index (χ0v) is 14.8. The molecule has 2 aromatic heterocycles. The lowest BCUT2D eigenvalue weighted by molar-refractivity contribution is 0.612. The average Bonchev–Trinajstić information content (AvgIpc) is 3.29. The highest BCUT2D eigenvalue weighted by atomic mass is 35.5. The molecule has 0 saturated heterocycles. The van der Waals surface area contributed by atoms with Gasteiger partial charge in [0.2, 0.25) is 5.95 Å². The molecule has 1 unspecified atom stereocenters. The summed E-state index contributed by atoms with van der Waals surface area (Å²) in [4.78, 5) is 10.8. The van der Waals surface area contributed by atoms with Crippen LogP contribution < -0.4 is 0 Å². The summed E-state index contributed by atoms with van der Waals surface area (Å²) in [7, 11) is 0. The van der Waals surface area contributed by atoms with Crippen molar-refractivity contribution in [2.45, 2.75) is 12.5 Å². The summed E-state index contributed by atoms with van der Waals surface area (Å²) in [6.07, 6.45) is 0.843. The molecule has 0 spiro atoms. The number of para-hydroxylation sites is 2. The third-order valence-corrected chi connectivity index (χ3v) is 5.74. The zero-order valence-electron chi connectivity index (χ0n) is 13.3. The quantitative estimate of drug-likeness (QED) is 0.438. The van der Waals surface area contributed by atoms with E-state index >= 15 is 0 Å². The number of hydrogen-bond acceptors (Lipinski definition) is 3. The van der Waals surface area contributed by atoms with E-state index in [1.54, 1.807) is 11.3 Å².